The first-order chi connectivity index (χ1) is 14.6. The van der Waals surface area contributed by atoms with Crippen molar-refractivity contribution in [3.05, 3.63) is 66.6 Å². The van der Waals surface area contributed by atoms with E-state index in [4.69, 9.17) is 4.98 Å². The van der Waals surface area contributed by atoms with Crippen LogP contribution in [0, 0.1) is 0 Å². The van der Waals surface area contributed by atoms with Gasteiger partial charge in [0.2, 0.25) is 10.0 Å². The first-order valence-electron chi connectivity index (χ1n) is 10.3. The highest BCUT2D eigenvalue weighted by atomic mass is 32.2. The van der Waals surface area contributed by atoms with Crippen molar-refractivity contribution < 1.29 is 8.42 Å². The molecule has 0 saturated carbocycles. The smallest absolute Gasteiger partial charge is 0.240 e. The molecular weight excluding hydrogens is 396 g/mol. The van der Waals surface area contributed by atoms with Gasteiger partial charge in [-0.25, -0.2) is 18.1 Å². The van der Waals surface area contributed by atoms with E-state index in [1.807, 2.05) is 24.3 Å². The molecule has 2 N–H and O–H groups in total. The Labute approximate surface area is 176 Å². The summed E-state index contributed by atoms with van der Waals surface area (Å²) < 4.78 is 27.2. The van der Waals surface area contributed by atoms with E-state index in [1.165, 1.54) is 0 Å². The summed E-state index contributed by atoms with van der Waals surface area (Å²) in [5.74, 6) is 0.290. The average molecular weight is 423 g/mol. The predicted octanol–water partition coefficient (Wildman–Crippen LogP) is 4.75. The Hall–Kier alpha value is -2.77. The highest BCUT2D eigenvalue weighted by Gasteiger charge is 2.16. The number of nitrogens with one attached hydrogen (secondary N) is 2. The molecule has 0 aliphatic rings. The fourth-order valence-electron chi connectivity index (χ4n) is 3.79. The minimum Gasteiger partial charge on any atom is -0.343 e. The number of hydrogen-bond donors (Lipinski definition) is 2. The number of benzene rings is 2. The van der Waals surface area contributed by atoms with Crippen LogP contribution in [0.1, 0.15) is 44.2 Å². The lowest BCUT2D eigenvalue weighted by molar-refractivity contribution is 0.559. The van der Waals surface area contributed by atoms with Crippen molar-refractivity contribution in [2.45, 2.75) is 43.4 Å². The summed E-state index contributed by atoms with van der Waals surface area (Å²) in [6, 6.07) is 16.6. The maximum Gasteiger partial charge on any atom is 0.240 e. The van der Waals surface area contributed by atoms with Crippen LogP contribution in [0.25, 0.3) is 21.9 Å². The van der Waals surface area contributed by atoms with Crippen LogP contribution in [0.3, 0.4) is 0 Å². The second-order valence-electron chi connectivity index (χ2n) is 7.60. The fraction of sp³-hybridized carbons (Fsp3) is 0.304. The van der Waals surface area contributed by atoms with E-state index < -0.39 is 10.0 Å². The van der Waals surface area contributed by atoms with Gasteiger partial charge in [0.25, 0.3) is 0 Å². The van der Waals surface area contributed by atoms with Crippen LogP contribution in [0.2, 0.25) is 0 Å². The van der Waals surface area contributed by atoms with Crippen LogP contribution in [-0.4, -0.2) is 29.9 Å². The van der Waals surface area contributed by atoms with E-state index in [0.717, 1.165) is 53.3 Å². The molecule has 1 atom stereocenters. The second-order valence-corrected chi connectivity index (χ2v) is 9.37. The van der Waals surface area contributed by atoms with Gasteiger partial charge in [0.1, 0.15) is 0 Å². The largest absolute Gasteiger partial charge is 0.343 e. The Morgan fingerprint density at radius 3 is 2.60 bits per heavy atom. The Bertz CT molecular complexity index is 1240. The van der Waals surface area contributed by atoms with Gasteiger partial charge in [-0.2, -0.15) is 0 Å². The molecule has 0 aliphatic carbocycles. The first-order valence-corrected chi connectivity index (χ1v) is 11.8. The van der Waals surface area contributed by atoms with Gasteiger partial charge < -0.3 is 4.98 Å². The van der Waals surface area contributed by atoms with E-state index in [9.17, 15) is 8.42 Å². The molecule has 7 heteroatoms. The number of sulfonamides is 1. The zero-order valence-electron chi connectivity index (χ0n) is 17.0. The van der Waals surface area contributed by atoms with Gasteiger partial charge in [0, 0.05) is 17.8 Å². The number of pyridine rings is 1. The van der Waals surface area contributed by atoms with Crippen molar-refractivity contribution in [3.8, 4) is 0 Å². The Kier molecular flexibility index (Phi) is 6.11. The van der Waals surface area contributed by atoms with Gasteiger partial charge in [-0.15, -0.1) is 0 Å². The molecule has 4 aromatic rings. The normalized spacial score (nSPS) is 13.1. The van der Waals surface area contributed by atoms with Crippen molar-refractivity contribution in [2.24, 2.45) is 0 Å². The quantitative estimate of drug-likeness (QED) is 0.381. The minimum absolute atomic E-state index is 0.290. The molecule has 30 heavy (non-hydrogen) atoms. The van der Waals surface area contributed by atoms with Gasteiger partial charge in [0.15, 0.2) is 0 Å². The Morgan fingerprint density at radius 1 is 1.00 bits per heavy atom. The number of aromatic amines is 1. The van der Waals surface area contributed by atoms with Gasteiger partial charge in [-0.3, -0.25) is 4.98 Å². The van der Waals surface area contributed by atoms with E-state index in [1.54, 1.807) is 30.6 Å². The lowest BCUT2D eigenvalue weighted by Gasteiger charge is -2.13. The average Bonchev–Trinajstić information content (AvgIpc) is 3.26. The standard InChI is InChI=1S/C23H26N4O2S/c1-17(10-4-3-9-15-26-30(28,29)18-11-5-2-6-12-18)21-23-22(24-16-25-23)19-13-7-8-14-20(19)27-21/h2,5-8,11-14,16-17,26H,3-4,9-10,15H2,1H3,(H,24,25). The molecule has 4 rings (SSSR count). The number of rotatable bonds is 9. The third-order valence-electron chi connectivity index (χ3n) is 5.42. The van der Waals surface area contributed by atoms with E-state index in [2.05, 4.69) is 27.7 Å². The number of fused-ring (bicyclic) bond motifs is 3. The lowest BCUT2D eigenvalue weighted by Crippen LogP contribution is -2.24. The van der Waals surface area contributed by atoms with Gasteiger partial charge in [-0.1, -0.05) is 56.2 Å². The zero-order valence-corrected chi connectivity index (χ0v) is 17.8. The number of unbranched alkanes of at least 4 members (excludes halogenated alkanes) is 2. The number of H-pyrrole nitrogens is 1. The maximum atomic E-state index is 12.2. The van der Waals surface area contributed by atoms with Crippen LogP contribution in [0.5, 0.6) is 0 Å². The van der Waals surface area contributed by atoms with Crippen molar-refractivity contribution in [3.63, 3.8) is 0 Å². The molecule has 0 amide bonds. The predicted molar refractivity (Wildman–Crippen MR) is 120 cm³/mol. The summed E-state index contributed by atoms with van der Waals surface area (Å²) in [5, 5.41) is 1.07. The molecule has 156 valence electrons. The van der Waals surface area contributed by atoms with Crippen molar-refractivity contribution in [1.29, 1.82) is 0 Å². The monoisotopic (exact) mass is 422 g/mol. The number of para-hydroxylation sites is 1. The van der Waals surface area contributed by atoms with Gasteiger partial charge >= 0.3 is 0 Å². The Balaban J connectivity index is 1.31. The highest BCUT2D eigenvalue weighted by Crippen LogP contribution is 2.30. The van der Waals surface area contributed by atoms with Crippen molar-refractivity contribution in [1.82, 2.24) is 19.7 Å². The highest BCUT2D eigenvalue weighted by molar-refractivity contribution is 7.89. The van der Waals surface area contributed by atoms with E-state index >= 15 is 0 Å². The molecule has 0 spiro atoms. The summed E-state index contributed by atoms with van der Waals surface area (Å²) in [4.78, 5) is 13.0. The van der Waals surface area contributed by atoms with Crippen LogP contribution >= 0.6 is 0 Å². The first kappa shape index (κ1) is 20.5. The molecular formula is C23H26N4O2S. The van der Waals surface area contributed by atoms with E-state index in [-0.39, 0.29) is 0 Å². The molecule has 0 aliphatic heterocycles. The topological polar surface area (TPSA) is 87.7 Å². The number of imidazole rings is 1. The summed E-state index contributed by atoms with van der Waals surface area (Å²) in [7, 11) is -3.42. The van der Waals surface area contributed by atoms with E-state index in [0.29, 0.717) is 17.4 Å². The SMILES string of the molecule is CC(CCCCCNS(=O)(=O)c1ccccc1)c1nc2ccccc2c2nc[nH]c12. The summed E-state index contributed by atoms with van der Waals surface area (Å²) in [6.45, 7) is 2.64. The fourth-order valence-corrected chi connectivity index (χ4v) is 4.88. The number of aromatic nitrogens is 3. The molecule has 0 radical (unpaired) electrons. The third kappa shape index (κ3) is 4.37. The maximum absolute atomic E-state index is 12.2. The molecule has 2 heterocycles. The van der Waals surface area contributed by atoms with Crippen LogP contribution < -0.4 is 4.72 Å². The van der Waals surface area contributed by atoms with Gasteiger partial charge in [-0.05, 0) is 31.0 Å². The molecule has 0 fully saturated rings. The minimum atomic E-state index is -3.42. The molecule has 2 aromatic carbocycles. The molecule has 6 nitrogen and oxygen atoms in total. The second kappa shape index (κ2) is 8.93. The zero-order chi connectivity index (χ0) is 21.0. The molecule has 1 unspecified atom stereocenters. The van der Waals surface area contributed by atoms with Gasteiger partial charge in [0.05, 0.1) is 33.5 Å². The number of nitrogens with zero attached hydrogens (tertiary/aromatic N) is 2. The number of hydrogen-bond acceptors (Lipinski definition) is 4. The van der Waals surface area contributed by atoms with Crippen LogP contribution in [0.4, 0.5) is 0 Å². The molecule has 0 saturated heterocycles. The summed E-state index contributed by atoms with van der Waals surface area (Å²) >= 11 is 0. The van der Waals surface area contributed by atoms with Crippen LogP contribution in [0.15, 0.2) is 65.8 Å². The van der Waals surface area contributed by atoms with Crippen molar-refractivity contribution >= 4 is 32.0 Å². The van der Waals surface area contributed by atoms with Crippen molar-refractivity contribution in [2.75, 3.05) is 6.54 Å². The lowest BCUT2D eigenvalue weighted by atomic mass is 9.97. The Morgan fingerprint density at radius 2 is 1.77 bits per heavy atom. The molecule has 0 bridgehead atoms. The molecule has 2 aromatic heterocycles. The summed E-state index contributed by atoms with van der Waals surface area (Å²) in [5.41, 5.74) is 4.00. The third-order valence-corrected chi connectivity index (χ3v) is 6.90. The van der Waals surface area contributed by atoms with Crippen LogP contribution in [-0.2, 0) is 10.0 Å². The summed E-state index contributed by atoms with van der Waals surface area (Å²) in [6.07, 6.45) is 5.50.